The van der Waals surface area contributed by atoms with Gasteiger partial charge in [0, 0.05) is 24.2 Å². The number of nitrogens with zero attached hydrogens (tertiary/aromatic N) is 1. The molecule has 1 fully saturated rings. The summed E-state index contributed by atoms with van der Waals surface area (Å²) in [4.78, 5) is 12.3. The van der Waals surface area contributed by atoms with Gasteiger partial charge in [-0.15, -0.1) is 0 Å². The third-order valence-electron chi connectivity index (χ3n) is 4.37. The van der Waals surface area contributed by atoms with Crippen LogP contribution < -0.4 is 10.1 Å². The zero-order chi connectivity index (χ0) is 18.6. The number of piperidine rings is 1. The minimum Gasteiger partial charge on any atom is -0.481 e. The Morgan fingerprint density at radius 3 is 2.60 bits per heavy atom. The number of rotatable bonds is 6. The summed E-state index contributed by atoms with van der Waals surface area (Å²) in [6, 6.07) is 5.22. The van der Waals surface area contributed by atoms with Gasteiger partial charge in [0.2, 0.25) is 10.0 Å². The smallest absolute Gasteiger partial charge is 0.260 e. The quantitative estimate of drug-likeness (QED) is 0.811. The third-order valence-corrected chi connectivity index (χ3v) is 6.49. The maximum atomic E-state index is 12.3. The third kappa shape index (κ3) is 5.33. The van der Waals surface area contributed by atoms with E-state index in [-0.39, 0.29) is 17.7 Å². The number of amides is 1. The Morgan fingerprint density at radius 2 is 2.04 bits per heavy atom. The normalized spacial score (nSPS) is 17.9. The molecular formula is C17H25ClN2O4S. The first-order valence-electron chi connectivity index (χ1n) is 8.44. The Balaban J connectivity index is 1.86. The molecule has 2 rings (SSSR count). The Morgan fingerprint density at radius 1 is 1.40 bits per heavy atom. The van der Waals surface area contributed by atoms with Gasteiger partial charge in [-0.05, 0) is 57.4 Å². The Labute approximate surface area is 154 Å². The van der Waals surface area contributed by atoms with Crippen molar-refractivity contribution < 1.29 is 17.9 Å². The summed E-state index contributed by atoms with van der Waals surface area (Å²) in [6.07, 6.45) is 0.576. The summed E-state index contributed by atoms with van der Waals surface area (Å²) in [5.41, 5.74) is 0.866. The van der Waals surface area contributed by atoms with Crippen molar-refractivity contribution in [1.82, 2.24) is 9.62 Å². The molecular weight excluding hydrogens is 364 g/mol. The van der Waals surface area contributed by atoms with Crippen LogP contribution in [0.1, 0.15) is 32.3 Å². The molecule has 1 heterocycles. The lowest BCUT2D eigenvalue weighted by Gasteiger charge is -2.32. The van der Waals surface area contributed by atoms with Gasteiger partial charge in [-0.1, -0.05) is 11.6 Å². The second kappa shape index (κ2) is 8.38. The van der Waals surface area contributed by atoms with Gasteiger partial charge in [0.15, 0.2) is 6.10 Å². The van der Waals surface area contributed by atoms with Gasteiger partial charge in [-0.2, -0.15) is 0 Å². The number of ether oxygens (including phenoxy) is 1. The highest BCUT2D eigenvalue weighted by molar-refractivity contribution is 7.89. The molecule has 8 heteroatoms. The van der Waals surface area contributed by atoms with Crippen molar-refractivity contribution in [2.75, 3.05) is 18.8 Å². The van der Waals surface area contributed by atoms with Crippen LogP contribution in [0.2, 0.25) is 5.02 Å². The van der Waals surface area contributed by atoms with Crippen molar-refractivity contribution in [1.29, 1.82) is 0 Å². The number of aryl methyl sites for hydroxylation is 1. The standard InChI is InChI=1S/C17H25ClN2O4S/c1-4-25(22,23)20-9-7-15(8-10-20)19-17(21)13(3)24-16-6-5-14(18)11-12(16)2/h5-6,11,13,15H,4,7-10H2,1-3H3,(H,19,21). The predicted molar refractivity (Wildman–Crippen MR) is 98.5 cm³/mol. The maximum Gasteiger partial charge on any atom is 0.260 e. The molecule has 1 aromatic carbocycles. The average molecular weight is 389 g/mol. The molecule has 25 heavy (non-hydrogen) atoms. The maximum absolute atomic E-state index is 12.3. The van der Waals surface area contributed by atoms with Crippen LogP contribution in [0.25, 0.3) is 0 Å². The first kappa shape index (κ1) is 20.0. The van der Waals surface area contributed by atoms with E-state index in [9.17, 15) is 13.2 Å². The molecule has 0 saturated carbocycles. The lowest BCUT2D eigenvalue weighted by atomic mass is 10.1. The lowest BCUT2D eigenvalue weighted by molar-refractivity contribution is -0.128. The van der Waals surface area contributed by atoms with E-state index in [0.29, 0.717) is 36.7 Å². The summed E-state index contributed by atoms with van der Waals surface area (Å²) in [6.45, 7) is 6.08. The van der Waals surface area contributed by atoms with E-state index >= 15 is 0 Å². The molecule has 1 amide bonds. The molecule has 0 aliphatic carbocycles. The largest absolute Gasteiger partial charge is 0.481 e. The molecule has 1 saturated heterocycles. The lowest BCUT2D eigenvalue weighted by Crippen LogP contribution is -2.49. The fourth-order valence-corrected chi connectivity index (χ4v) is 4.13. The van der Waals surface area contributed by atoms with E-state index in [0.717, 1.165) is 5.56 Å². The van der Waals surface area contributed by atoms with Crippen LogP contribution in [0.3, 0.4) is 0 Å². The van der Waals surface area contributed by atoms with Gasteiger partial charge in [0.25, 0.3) is 5.91 Å². The second-order valence-corrected chi connectivity index (χ2v) is 8.95. The summed E-state index contributed by atoms with van der Waals surface area (Å²) in [5.74, 6) is 0.525. The van der Waals surface area contributed by atoms with E-state index in [2.05, 4.69) is 5.32 Å². The van der Waals surface area contributed by atoms with E-state index in [1.165, 1.54) is 4.31 Å². The van der Waals surface area contributed by atoms with Crippen LogP contribution >= 0.6 is 11.6 Å². The highest BCUT2D eigenvalue weighted by Gasteiger charge is 2.28. The van der Waals surface area contributed by atoms with Crippen molar-refractivity contribution in [3.05, 3.63) is 28.8 Å². The number of carbonyl (C=O) groups is 1. The van der Waals surface area contributed by atoms with Crippen molar-refractivity contribution in [3.63, 3.8) is 0 Å². The summed E-state index contributed by atoms with van der Waals surface area (Å²) < 4.78 is 30.9. The van der Waals surface area contributed by atoms with Gasteiger partial charge < -0.3 is 10.1 Å². The Hall–Kier alpha value is -1.31. The number of sulfonamides is 1. The zero-order valence-corrected chi connectivity index (χ0v) is 16.4. The van der Waals surface area contributed by atoms with Crippen LogP contribution in [0, 0.1) is 6.92 Å². The zero-order valence-electron chi connectivity index (χ0n) is 14.8. The van der Waals surface area contributed by atoms with Gasteiger partial charge in [-0.25, -0.2) is 12.7 Å². The highest BCUT2D eigenvalue weighted by atomic mass is 35.5. The minimum absolute atomic E-state index is 0.0341. The SMILES string of the molecule is CCS(=O)(=O)N1CCC(NC(=O)C(C)Oc2ccc(Cl)cc2C)CC1. The number of hydrogen-bond donors (Lipinski definition) is 1. The molecule has 1 aromatic rings. The number of halogens is 1. The first-order chi connectivity index (χ1) is 11.7. The summed E-state index contributed by atoms with van der Waals surface area (Å²) >= 11 is 5.92. The van der Waals surface area contributed by atoms with E-state index < -0.39 is 16.1 Å². The molecule has 0 aromatic heterocycles. The van der Waals surface area contributed by atoms with Crippen molar-refractivity contribution >= 4 is 27.5 Å². The molecule has 1 atom stereocenters. The molecule has 1 aliphatic rings. The minimum atomic E-state index is -3.15. The first-order valence-corrected chi connectivity index (χ1v) is 10.4. The van der Waals surface area contributed by atoms with Crippen LogP contribution in [0.15, 0.2) is 18.2 Å². The molecule has 0 bridgehead atoms. The van der Waals surface area contributed by atoms with Gasteiger partial charge in [0.05, 0.1) is 5.75 Å². The van der Waals surface area contributed by atoms with Crippen LogP contribution in [-0.2, 0) is 14.8 Å². The van der Waals surface area contributed by atoms with Crippen LogP contribution in [0.4, 0.5) is 0 Å². The topological polar surface area (TPSA) is 75.7 Å². The number of hydrogen-bond acceptors (Lipinski definition) is 4. The molecule has 1 aliphatic heterocycles. The molecule has 1 unspecified atom stereocenters. The van der Waals surface area contributed by atoms with Gasteiger partial charge in [-0.3, -0.25) is 4.79 Å². The van der Waals surface area contributed by atoms with Crippen molar-refractivity contribution in [2.24, 2.45) is 0 Å². The number of carbonyl (C=O) groups excluding carboxylic acids is 1. The van der Waals surface area contributed by atoms with Crippen LogP contribution in [0.5, 0.6) is 5.75 Å². The van der Waals surface area contributed by atoms with Crippen LogP contribution in [-0.4, -0.2) is 49.6 Å². The van der Waals surface area contributed by atoms with E-state index in [4.69, 9.17) is 16.3 Å². The molecule has 6 nitrogen and oxygen atoms in total. The average Bonchev–Trinajstić information content (AvgIpc) is 2.57. The van der Waals surface area contributed by atoms with Gasteiger partial charge in [0.1, 0.15) is 5.75 Å². The predicted octanol–water partition coefficient (Wildman–Crippen LogP) is 2.35. The molecule has 0 radical (unpaired) electrons. The van der Waals surface area contributed by atoms with E-state index in [1.54, 1.807) is 32.0 Å². The molecule has 0 spiro atoms. The summed E-state index contributed by atoms with van der Waals surface area (Å²) in [7, 11) is -3.15. The van der Waals surface area contributed by atoms with E-state index in [1.807, 2.05) is 6.92 Å². The molecule has 140 valence electrons. The fraction of sp³-hybridized carbons (Fsp3) is 0.588. The van der Waals surface area contributed by atoms with Crippen molar-refractivity contribution in [2.45, 2.75) is 45.8 Å². The van der Waals surface area contributed by atoms with Gasteiger partial charge >= 0.3 is 0 Å². The Bertz CT molecular complexity index is 715. The Kier molecular flexibility index (Phi) is 6.71. The molecule has 1 N–H and O–H groups in total. The summed E-state index contributed by atoms with van der Waals surface area (Å²) in [5, 5.41) is 3.57. The number of nitrogens with one attached hydrogen (secondary N) is 1. The van der Waals surface area contributed by atoms with Crippen molar-refractivity contribution in [3.8, 4) is 5.75 Å². The second-order valence-electron chi connectivity index (χ2n) is 6.25. The monoisotopic (exact) mass is 388 g/mol. The number of benzene rings is 1. The fourth-order valence-electron chi connectivity index (χ4n) is 2.77. The highest BCUT2D eigenvalue weighted by Crippen LogP contribution is 2.23.